The van der Waals surface area contributed by atoms with Gasteiger partial charge in [0.05, 0.1) is 0 Å². The Balaban J connectivity index is 2.21. The third kappa shape index (κ3) is 3.18. The van der Waals surface area contributed by atoms with Gasteiger partial charge in [-0.1, -0.05) is 65.6 Å². The fourth-order valence-corrected chi connectivity index (χ4v) is 3.32. The normalized spacial score (nSPS) is 18.6. The van der Waals surface area contributed by atoms with Crippen LogP contribution in [0.5, 0.6) is 0 Å². The molecule has 1 fully saturated rings. The summed E-state index contributed by atoms with van der Waals surface area (Å²) in [6.45, 7) is 0. The van der Waals surface area contributed by atoms with E-state index in [2.05, 4.69) is 0 Å². The first-order valence-electron chi connectivity index (χ1n) is 6.26. The molecule has 1 aliphatic rings. The number of rotatable bonds is 3. The molecule has 0 aliphatic heterocycles. The number of carbonyl (C=O) groups is 1. The van der Waals surface area contributed by atoms with E-state index in [1.807, 2.05) is 40.8 Å². The summed E-state index contributed by atoms with van der Waals surface area (Å²) in [5.74, 6) is -0.269. The van der Waals surface area contributed by atoms with Crippen molar-refractivity contribution < 1.29 is 9.90 Å². The van der Waals surface area contributed by atoms with E-state index in [0.717, 1.165) is 10.6 Å². The van der Waals surface area contributed by atoms with Gasteiger partial charge in [0.2, 0.25) is 0 Å². The highest BCUT2D eigenvalue weighted by atomic mass is 127. The Labute approximate surface area is 126 Å². The van der Waals surface area contributed by atoms with E-state index in [0.29, 0.717) is 5.92 Å². The molecule has 4 heteroatoms. The molecule has 0 aromatic heterocycles. The monoisotopic (exact) mass is 378 g/mol. The predicted molar refractivity (Wildman–Crippen MR) is 81.7 cm³/mol. The maximum absolute atomic E-state index is 10.9. The van der Waals surface area contributed by atoms with Gasteiger partial charge in [-0.25, -0.2) is 0 Å². The Morgan fingerprint density at radius 3 is 2.56 bits per heavy atom. The molecule has 1 N–H and O–H groups in total. The summed E-state index contributed by atoms with van der Waals surface area (Å²) in [6, 6.07) is 5.74. The van der Waals surface area contributed by atoms with Crippen molar-refractivity contribution in [1.82, 2.24) is 0 Å². The summed E-state index contributed by atoms with van der Waals surface area (Å²) in [7, 11) is 0. The Morgan fingerprint density at radius 2 is 2.00 bits per heavy atom. The van der Waals surface area contributed by atoms with Gasteiger partial charge in [-0.05, 0) is 36.0 Å². The third-order valence-corrected chi connectivity index (χ3v) is 5.16. The first kappa shape index (κ1) is 14.1. The molecule has 0 saturated heterocycles. The summed E-state index contributed by atoms with van der Waals surface area (Å²) in [5, 5.41) is 9.72. The predicted octanol–water partition coefficient (Wildman–Crippen LogP) is 4.95. The highest BCUT2D eigenvalue weighted by Gasteiger charge is 2.21. The molecule has 0 heterocycles. The van der Waals surface area contributed by atoms with Crippen LogP contribution in [0.2, 0.25) is 5.02 Å². The number of benzene rings is 1. The first-order valence-corrected chi connectivity index (χ1v) is 7.88. The number of halogens is 2. The Morgan fingerprint density at radius 1 is 1.33 bits per heavy atom. The number of aliphatic carboxylic acids is 1. The molecule has 1 unspecified atom stereocenters. The molecule has 1 saturated carbocycles. The maximum Gasteiger partial charge on any atom is 0.320 e. The van der Waals surface area contributed by atoms with Gasteiger partial charge in [0.25, 0.3) is 0 Å². The second-order valence-corrected chi connectivity index (χ2v) is 6.47. The van der Waals surface area contributed by atoms with Crippen molar-refractivity contribution in [2.75, 3.05) is 0 Å². The molecule has 1 aromatic carbocycles. The van der Waals surface area contributed by atoms with E-state index < -0.39 is 9.89 Å². The smallest absolute Gasteiger partial charge is 0.320 e. The highest BCUT2D eigenvalue weighted by molar-refractivity contribution is 14.1. The molecule has 0 spiro atoms. The second-order valence-electron chi connectivity index (χ2n) is 4.82. The SMILES string of the molecule is O=C(O)C(I)c1ccc(C2CCCCC2)c(Cl)c1. The van der Waals surface area contributed by atoms with Crippen LogP contribution < -0.4 is 0 Å². The van der Waals surface area contributed by atoms with E-state index in [4.69, 9.17) is 16.7 Å². The Bertz CT molecular complexity index is 441. The molecular weight excluding hydrogens is 363 g/mol. The average molecular weight is 379 g/mol. The number of hydrogen-bond donors (Lipinski definition) is 1. The van der Waals surface area contributed by atoms with E-state index in [1.54, 1.807) is 0 Å². The van der Waals surface area contributed by atoms with Crippen molar-refractivity contribution in [2.24, 2.45) is 0 Å². The Kier molecular flexibility index (Phi) is 4.90. The summed E-state index contributed by atoms with van der Waals surface area (Å²) < 4.78 is -0.527. The molecule has 1 atom stereocenters. The first-order chi connectivity index (χ1) is 8.59. The van der Waals surface area contributed by atoms with Crippen molar-refractivity contribution >= 4 is 40.2 Å². The van der Waals surface area contributed by atoms with Crippen LogP contribution >= 0.6 is 34.2 Å². The van der Waals surface area contributed by atoms with Crippen molar-refractivity contribution in [2.45, 2.75) is 41.9 Å². The van der Waals surface area contributed by atoms with Gasteiger partial charge < -0.3 is 5.11 Å². The largest absolute Gasteiger partial charge is 0.480 e. The van der Waals surface area contributed by atoms with Crippen molar-refractivity contribution in [3.8, 4) is 0 Å². The molecule has 0 radical (unpaired) electrons. The van der Waals surface area contributed by atoms with Gasteiger partial charge in [0.1, 0.15) is 3.92 Å². The molecule has 98 valence electrons. The summed E-state index contributed by atoms with van der Waals surface area (Å²) in [4.78, 5) is 10.9. The van der Waals surface area contributed by atoms with Crippen LogP contribution in [0, 0.1) is 0 Å². The summed E-state index contributed by atoms with van der Waals surface area (Å²) in [6.07, 6.45) is 6.26. The minimum absolute atomic E-state index is 0.527. The van der Waals surface area contributed by atoms with E-state index in [-0.39, 0.29) is 0 Å². The fourth-order valence-electron chi connectivity index (χ4n) is 2.59. The van der Waals surface area contributed by atoms with E-state index in [9.17, 15) is 4.79 Å². The maximum atomic E-state index is 10.9. The molecule has 1 aliphatic carbocycles. The minimum atomic E-state index is -0.822. The van der Waals surface area contributed by atoms with E-state index >= 15 is 0 Å². The molecule has 18 heavy (non-hydrogen) atoms. The van der Waals surface area contributed by atoms with E-state index in [1.165, 1.54) is 37.7 Å². The van der Waals surface area contributed by atoms with Crippen LogP contribution in [0.25, 0.3) is 0 Å². The lowest BCUT2D eigenvalue weighted by atomic mass is 9.84. The second kappa shape index (κ2) is 6.24. The summed E-state index contributed by atoms with van der Waals surface area (Å²) >= 11 is 8.24. The number of carboxylic acid groups (broad SMARTS) is 1. The Hall–Kier alpha value is -0.290. The van der Waals surface area contributed by atoms with Gasteiger partial charge >= 0.3 is 5.97 Å². The standard InChI is InChI=1S/C14H16ClIO2/c15-12-8-10(13(16)14(17)18)6-7-11(12)9-4-2-1-3-5-9/h6-9,13H,1-5H2,(H,17,18). The lowest BCUT2D eigenvalue weighted by molar-refractivity contribution is -0.136. The van der Waals surface area contributed by atoms with Crippen LogP contribution in [0.1, 0.15) is 53.1 Å². The lowest BCUT2D eigenvalue weighted by Crippen LogP contribution is -2.07. The van der Waals surface area contributed by atoms with Crippen LogP contribution in [0.15, 0.2) is 18.2 Å². The highest BCUT2D eigenvalue weighted by Crippen LogP contribution is 2.38. The van der Waals surface area contributed by atoms with Crippen molar-refractivity contribution in [3.63, 3.8) is 0 Å². The molecule has 0 amide bonds. The molecular formula is C14H16ClIO2. The van der Waals surface area contributed by atoms with Crippen LogP contribution in [-0.2, 0) is 4.79 Å². The zero-order valence-electron chi connectivity index (χ0n) is 10.0. The zero-order chi connectivity index (χ0) is 13.1. The minimum Gasteiger partial charge on any atom is -0.480 e. The summed E-state index contributed by atoms with van der Waals surface area (Å²) in [5.41, 5.74) is 1.96. The van der Waals surface area contributed by atoms with Gasteiger partial charge in [-0.3, -0.25) is 4.79 Å². The average Bonchev–Trinajstić information content (AvgIpc) is 2.38. The van der Waals surface area contributed by atoms with Crippen LogP contribution in [-0.4, -0.2) is 11.1 Å². The number of alkyl halides is 1. The molecule has 2 nitrogen and oxygen atoms in total. The van der Waals surface area contributed by atoms with Gasteiger partial charge in [-0.2, -0.15) is 0 Å². The van der Waals surface area contributed by atoms with Crippen LogP contribution in [0.3, 0.4) is 0 Å². The van der Waals surface area contributed by atoms with Gasteiger partial charge in [0.15, 0.2) is 0 Å². The van der Waals surface area contributed by atoms with Gasteiger partial charge in [0, 0.05) is 5.02 Å². The van der Waals surface area contributed by atoms with Crippen molar-refractivity contribution in [1.29, 1.82) is 0 Å². The fraction of sp³-hybridized carbons (Fsp3) is 0.500. The lowest BCUT2D eigenvalue weighted by Gasteiger charge is -2.23. The number of hydrogen-bond acceptors (Lipinski definition) is 1. The quantitative estimate of drug-likeness (QED) is 0.597. The number of carboxylic acids is 1. The third-order valence-electron chi connectivity index (χ3n) is 3.58. The molecule has 2 rings (SSSR count). The molecule has 0 bridgehead atoms. The van der Waals surface area contributed by atoms with Crippen molar-refractivity contribution in [3.05, 3.63) is 34.3 Å². The zero-order valence-corrected chi connectivity index (χ0v) is 12.9. The molecule has 1 aromatic rings. The van der Waals surface area contributed by atoms with Crippen LogP contribution in [0.4, 0.5) is 0 Å². The topological polar surface area (TPSA) is 37.3 Å². The van der Waals surface area contributed by atoms with Gasteiger partial charge in [-0.15, -0.1) is 0 Å².